The predicted molar refractivity (Wildman–Crippen MR) is 53.6 cm³/mol. The summed E-state index contributed by atoms with van der Waals surface area (Å²) < 4.78 is 36.2. The minimum Gasteiger partial charge on any atom is -0.344 e. The summed E-state index contributed by atoms with van der Waals surface area (Å²) in [5, 5.41) is 0.403. The van der Waals surface area contributed by atoms with Crippen molar-refractivity contribution in [2.45, 2.75) is 12.6 Å². The molecule has 0 spiro atoms. The van der Waals surface area contributed by atoms with Crippen LogP contribution in [0, 0.1) is 0 Å². The number of benzene rings is 1. The molecule has 0 heterocycles. The fourth-order valence-corrected chi connectivity index (χ4v) is 0.918. The van der Waals surface area contributed by atoms with E-state index in [0.29, 0.717) is 5.02 Å². The molecule has 0 saturated carbocycles. The number of hydrogen-bond acceptors (Lipinski definition) is 1. The van der Waals surface area contributed by atoms with Crippen LogP contribution >= 0.6 is 24.0 Å². The summed E-state index contributed by atoms with van der Waals surface area (Å²) >= 11 is 5.49. The lowest BCUT2D eigenvalue weighted by Gasteiger charge is -2.06. The molecule has 0 amide bonds. The summed E-state index contributed by atoms with van der Waals surface area (Å²) in [7, 11) is 0. The van der Waals surface area contributed by atoms with E-state index in [0.717, 1.165) is 0 Å². The smallest absolute Gasteiger partial charge is 0.273 e. The third-order valence-electron chi connectivity index (χ3n) is 1.41. The van der Waals surface area contributed by atoms with Crippen LogP contribution in [0.2, 0.25) is 5.02 Å². The Morgan fingerprint density at radius 3 is 1.79 bits per heavy atom. The number of hydrogen-bond donors (Lipinski definition) is 1. The predicted octanol–water partition coefficient (Wildman–Crippen LogP) is 4.20. The van der Waals surface area contributed by atoms with Crippen molar-refractivity contribution in [2.75, 3.05) is 0 Å². The van der Waals surface area contributed by atoms with E-state index in [9.17, 15) is 13.2 Å². The highest BCUT2D eigenvalue weighted by Gasteiger charge is 2.20. The molecular weight excluding hydrogens is 238 g/mol. The summed E-state index contributed by atoms with van der Waals surface area (Å²) in [5.74, 6) is 0. The highest BCUT2D eigenvalue weighted by Crippen LogP contribution is 2.25. The van der Waals surface area contributed by atoms with Crippen molar-refractivity contribution in [3.05, 3.63) is 34.9 Å². The zero-order valence-corrected chi connectivity index (χ0v) is 8.66. The Morgan fingerprint density at radius 1 is 1.00 bits per heavy atom. The van der Waals surface area contributed by atoms with Gasteiger partial charge in [0.15, 0.2) is 6.17 Å². The highest BCUT2D eigenvalue weighted by atomic mass is 35.5. The summed E-state index contributed by atoms with van der Waals surface area (Å²) in [4.78, 5) is 0. The molecule has 0 aliphatic heterocycles. The molecule has 0 aliphatic carbocycles. The molecule has 1 aromatic rings. The van der Waals surface area contributed by atoms with Crippen LogP contribution in [0.3, 0.4) is 0 Å². The monoisotopic (exact) mass is 247 g/mol. The van der Waals surface area contributed by atoms with E-state index in [4.69, 9.17) is 11.6 Å². The molecule has 3 N–H and O–H groups in total. The van der Waals surface area contributed by atoms with Gasteiger partial charge in [0.05, 0.1) is 0 Å². The molecule has 0 saturated heterocycles. The Balaban J connectivity index is 0. The maximum absolute atomic E-state index is 12.6. The maximum Gasteiger partial charge on any atom is 0.273 e. The minimum absolute atomic E-state index is 0. The first-order valence-electron chi connectivity index (χ1n) is 3.29. The van der Waals surface area contributed by atoms with Gasteiger partial charge in [-0.3, -0.25) is 0 Å². The Labute approximate surface area is 91.3 Å². The van der Waals surface area contributed by atoms with Gasteiger partial charge in [0.2, 0.25) is 0 Å². The molecule has 1 nitrogen and oxygen atoms in total. The van der Waals surface area contributed by atoms with Crippen LogP contribution in [-0.2, 0) is 0 Å². The van der Waals surface area contributed by atoms with Gasteiger partial charge in [0.25, 0.3) is 6.43 Å². The van der Waals surface area contributed by atoms with E-state index in [-0.39, 0.29) is 24.1 Å². The Bertz CT molecular complexity index is 253. The zero-order valence-electron chi connectivity index (χ0n) is 7.09. The average Bonchev–Trinajstić information content (AvgIpc) is 2.04. The average molecular weight is 248 g/mol. The van der Waals surface area contributed by atoms with Crippen molar-refractivity contribution in [3.63, 3.8) is 0 Å². The van der Waals surface area contributed by atoms with E-state index in [1.807, 2.05) is 0 Å². The summed E-state index contributed by atoms with van der Waals surface area (Å²) in [6.07, 6.45) is -5.20. The zero-order chi connectivity index (χ0) is 9.14. The van der Waals surface area contributed by atoms with Crippen LogP contribution in [-0.4, -0.2) is 6.43 Å². The van der Waals surface area contributed by atoms with Crippen molar-refractivity contribution in [2.24, 2.45) is 0 Å². The number of alkyl halides is 3. The highest BCUT2D eigenvalue weighted by molar-refractivity contribution is 6.30. The normalized spacial score (nSPS) is 11.5. The van der Waals surface area contributed by atoms with E-state index in [1.165, 1.54) is 24.3 Å². The fraction of sp³-hybridized carbons (Fsp3) is 0.250. The summed E-state index contributed by atoms with van der Waals surface area (Å²) in [5.41, 5.74) is -0.0469. The lowest BCUT2D eigenvalue weighted by molar-refractivity contribution is 0.0496. The van der Waals surface area contributed by atoms with Gasteiger partial charge >= 0.3 is 0 Å². The lowest BCUT2D eigenvalue weighted by atomic mass is 10.1. The number of rotatable bonds is 2. The van der Waals surface area contributed by atoms with Crippen molar-refractivity contribution in [3.8, 4) is 0 Å². The van der Waals surface area contributed by atoms with Crippen molar-refractivity contribution >= 4 is 24.0 Å². The van der Waals surface area contributed by atoms with Crippen LogP contribution in [0.25, 0.3) is 0 Å². The first kappa shape index (κ1) is 16.0. The molecule has 1 rings (SSSR count). The van der Waals surface area contributed by atoms with Gasteiger partial charge in [0, 0.05) is 5.02 Å². The van der Waals surface area contributed by atoms with E-state index in [1.54, 1.807) is 0 Å². The molecule has 14 heavy (non-hydrogen) atoms. The largest absolute Gasteiger partial charge is 0.344 e. The van der Waals surface area contributed by atoms with Gasteiger partial charge in [0.1, 0.15) is 0 Å². The summed E-state index contributed by atoms with van der Waals surface area (Å²) in [6, 6.07) is 5.26. The third-order valence-corrected chi connectivity index (χ3v) is 1.66. The van der Waals surface area contributed by atoms with Crippen molar-refractivity contribution in [1.29, 1.82) is 0 Å². The Hall–Kier alpha value is -0.450. The molecule has 0 fully saturated rings. The minimum atomic E-state index is -2.98. The van der Waals surface area contributed by atoms with Crippen LogP contribution in [0.1, 0.15) is 11.7 Å². The SMILES string of the molecule is Cl.FC(F)C(F)c1ccc(Cl)cc1.N. The second-order valence-electron chi connectivity index (χ2n) is 2.29. The van der Waals surface area contributed by atoms with Crippen LogP contribution in [0.4, 0.5) is 13.2 Å². The fourth-order valence-electron chi connectivity index (χ4n) is 0.792. The molecule has 0 aliphatic rings. The second-order valence-corrected chi connectivity index (χ2v) is 2.72. The first-order chi connectivity index (χ1) is 5.61. The van der Waals surface area contributed by atoms with Gasteiger partial charge in [-0.15, -0.1) is 12.4 Å². The molecule has 6 heteroatoms. The second kappa shape index (κ2) is 6.92. The van der Waals surface area contributed by atoms with Gasteiger partial charge in [-0.25, -0.2) is 13.2 Å². The molecule has 1 atom stereocenters. The van der Waals surface area contributed by atoms with Crippen molar-refractivity contribution in [1.82, 2.24) is 6.15 Å². The van der Waals surface area contributed by atoms with E-state index in [2.05, 4.69) is 0 Å². The lowest BCUT2D eigenvalue weighted by Crippen LogP contribution is -2.02. The standard InChI is InChI=1S/C8H6ClF3.ClH.H3N/c9-6-3-1-5(2-4-6)7(10)8(11)12;;/h1-4,7-8H;1H;1H3. The maximum atomic E-state index is 12.6. The van der Waals surface area contributed by atoms with Crippen molar-refractivity contribution < 1.29 is 13.2 Å². The first-order valence-corrected chi connectivity index (χ1v) is 3.66. The van der Waals surface area contributed by atoms with E-state index < -0.39 is 12.6 Å². The quantitative estimate of drug-likeness (QED) is 0.836. The molecular formula is C8H10Cl2F3N. The number of halogens is 5. The van der Waals surface area contributed by atoms with Crippen LogP contribution < -0.4 is 6.15 Å². The molecule has 1 aromatic carbocycles. The van der Waals surface area contributed by atoms with Crippen LogP contribution in [0.5, 0.6) is 0 Å². The third kappa shape index (κ3) is 4.17. The van der Waals surface area contributed by atoms with Gasteiger partial charge in [-0.05, 0) is 17.7 Å². The van der Waals surface area contributed by atoms with Gasteiger partial charge in [-0.2, -0.15) is 0 Å². The Kier molecular flexibility index (Phi) is 7.91. The molecule has 0 radical (unpaired) electrons. The molecule has 0 aromatic heterocycles. The molecule has 0 bridgehead atoms. The molecule has 82 valence electrons. The Morgan fingerprint density at radius 2 is 1.43 bits per heavy atom. The molecule has 1 unspecified atom stereocenters. The topological polar surface area (TPSA) is 35.0 Å². The summed E-state index contributed by atoms with van der Waals surface area (Å²) in [6.45, 7) is 0. The van der Waals surface area contributed by atoms with Crippen LogP contribution in [0.15, 0.2) is 24.3 Å². The van der Waals surface area contributed by atoms with Gasteiger partial charge < -0.3 is 6.15 Å². The van der Waals surface area contributed by atoms with E-state index >= 15 is 0 Å². The van der Waals surface area contributed by atoms with Gasteiger partial charge in [-0.1, -0.05) is 23.7 Å².